The predicted octanol–water partition coefficient (Wildman–Crippen LogP) is 2.52. The molecule has 0 saturated heterocycles. The molecule has 0 fully saturated rings. The molecule has 3 N–H and O–H groups in total. The zero-order valence-electron chi connectivity index (χ0n) is 9.04. The van der Waals surface area contributed by atoms with Crippen LogP contribution in [0.15, 0.2) is 18.3 Å². The highest BCUT2D eigenvalue weighted by molar-refractivity contribution is 6.35. The molecular weight excluding hydrogens is 226 g/mol. The lowest BCUT2D eigenvalue weighted by Crippen LogP contribution is -1.99. The number of halogens is 1. The van der Waals surface area contributed by atoms with Gasteiger partial charge >= 0.3 is 0 Å². The van der Waals surface area contributed by atoms with E-state index < -0.39 is 0 Å². The third kappa shape index (κ3) is 1.51. The normalized spacial score (nSPS) is 10.4. The van der Waals surface area contributed by atoms with E-state index in [0.717, 1.165) is 11.1 Å². The summed E-state index contributed by atoms with van der Waals surface area (Å²) in [5.41, 5.74) is 7.87. The van der Waals surface area contributed by atoms with Gasteiger partial charge in [-0.15, -0.1) is 0 Å². The van der Waals surface area contributed by atoms with Crippen LogP contribution in [-0.2, 0) is 0 Å². The van der Waals surface area contributed by atoms with E-state index in [2.05, 4.69) is 10.3 Å². The molecular formula is C11H12ClN3O. The average Bonchev–Trinajstić information content (AvgIpc) is 2.29. The maximum atomic E-state index is 6.08. The number of nitrogen functional groups attached to an aromatic ring is 1. The molecule has 84 valence electrons. The first-order valence-electron chi connectivity index (χ1n) is 4.77. The lowest BCUT2D eigenvalue weighted by molar-refractivity contribution is 0.420. The summed E-state index contributed by atoms with van der Waals surface area (Å²) in [6.45, 7) is 0. The Morgan fingerprint density at radius 3 is 2.81 bits per heavy atom. The fraction of sp³-hybridized carbons (Fsp3) is 0.182. The molecule has 0 amide bonds. The summed E-state index contributed by atoms with van der Waals surface area (Å²) in [5.74, 6) is 0.698. The van der Waals surface area contributed by atoms with Crippen molar-refractivity contribution in [3.63, 3.8) is 0 Å². The number of anilines is 2. The number of nitrogens with zero attached hydrogens (tertiary/aromatic N) is 1. The SMILES string of the molecule is CNc1c(N)cnc2c(Cl)ccc(OC)c12. The largest absolute Gasteiger partial charge is 0.496 e. The minimum Gasteiger partial charge on any atom is -0.496 e. The second-order valence-electron chi connectivity index (χ2n) is 3.31. The molecule has 1 aromatic carbocycles. The highest BCUT2D eigenvalue weighted by Gasteiger charge is 2.12. The van der Waals surface area contributed by atoms with Crippen molar-refractivity contribution in [1.82, 2.24) is 4.98 Å². The number of rotatable bonds is 2. The first kappa shape index (κ1) is 10.8. The Morgan fingerprint density at radius 1 is 1.44 bits per heavy atom. The minimum atomic E-state index is 0.565. The molecule has 0 bridgehead atoms. The smallest absolute Gasteiger partial charge is 0.130 e. The van der Waals surface area contributed by atoms with Crippen LogP contribution in [0.3, 0.4) is 0 Å². The summed E-state index contributed by atoms with van der Waals surface area (Å²) in [6.07, 6.45) is 1.58. The number of hydrogen-bond donors (Lipinski definition) is 2. The number of fused-ring (bicyclic) bond motifs is 1. The van der Waals surface area contributed by atoms with Crippen molar-refractivity contribution in [2.75, 3.05) is 25.2 Å². The average molecular weight is 238 g/mol. The van der Waals surface area contributed by atoms with Crippen LogP contribution in [0, 0.1) is 0 Å². The summed E-state index contributed by atoms with van der Waals surface area (Å²) in [4.78, 5) is 4.22. The van der Waals surface area contributed by atoms with Gasteiger partial charge in [0.05, 0.1) is 40.6 Å². The van der Waals surface area contributed by atoms with Gasteiger partial charge in [-0.2, -0.15) is 0 Å². The summed E-state index contributed by atoms with van der Waals surface area (Å²) >= 11 is 6.08. The van der Waals surface area contributed by atoms with Crippen LogP contribution in [0.4, 0.5) is 11.4 Å². The second kappa shape index (κ2) is 4.06. The van der Waals surface area contributed by atoms with Gasteiger partial charge in [0.1, 0.15) is 5.75 Å². The van der Waals surface area contributed by atoms with E-state index in [1.54, 1.807) is 32.5 Å². The molecule has 0 aliphatic rings. The van der Waals surface area contributed by atoms with Gasteiger partial charge in [0, 0.05) is 7.05 Å². The van der Waals surface area contributed by atoms with Crippen LogP contribution in [0.2, 0.25) is 5.02 Å². The lowest BCUT2D eigenvalue weighted by atomic mass is 10.1. The van der Waals surface area contributed by atoms with Gasteiger partial charge in [0.2, 0.25) is 0 Å². The monoisotopic (exact) mass is 237 g/mol. The maximum absolute atomic E-state index is 6.08. The maximum Gasteiger partial charge on any atom is 0.130 e. The Labute approximate surface area is 98.4 Å². The number of nitrogens with two attached hydrogens (primary N) is 1. The lowest BCUT2D eigenvalue weighted by Gasteiger charge is -2.12. The number of ether oxygens (including phenoxy) is 1. The third-order valence-corrected chi connectivity index (χ3v) is 2.74. The Kier molecular flexibility index (Phi) is 2.75. The van der Waals surface area contributed by atoms with Crippen molar-refractivity contribution in [3.05, 3.63) is 23.4 Å². The molecule has 0 spiro atoms. The van der Waals surface area contributed by atoms with Crippen LogP contribution in [-0.4, -0.2) is 19.1 Å². The molecule has 0 atom stereocenters. The predicted molar refractivity (Wildman–Crippen MR) is 67.3 cm³/mol. The molecule has 4 nitrogen and oxygen atoms in total. The van der Waals surface area contributed by atoms with Gasteiger partial charge in [-0.1, -0.05) is 11.6 Å². The number of benzene rings is 1. The number of nitrogens with one attached hydrogen (secondary N) is 1. The van der Waals surface area contributed by atoms with Gasteiger partial charge in [-0.3, -0.25) is 4.98 Å². The first-order chi connectivity index (χ1) is 7.69. The summed E-state index contributed by atoms with van der Waals surface area (Å²) in [7, 11) is 3.40. The highest BCUT2D eigenvalue weighted by atomic mass is 35.5. The van der Waals surface area contributed by atoms with Crippen LogP contribution >= 0.6 is 11.6 Å². The van der Waals surface area contributed by atoms with Gasteiger partial charge < -0.3 is 15.8 Å². The zero-order valence-corrected chi connectivity index (χ0v) is 9.80. The van der Waals surface area contributed by atoms with E-state index in [0.29, 0.717) is 22.0 Å². The van der Waals surface area contributed by atoms with E-state index in [4.69, 9.17) is 22.1 Å². The Balaban J connectivity index is 2.93. The Hall–Kier alpha value is -1.68. The van der Waals surface area contributed by atoms with Gasteiger partial charge in [-0.25, -0.2) is 0 Å². The van der Waals surface area contributed by atoms with E-state index in [1.807, 2.05) is 0 Å². The van der Waals surface area contributed by atoms with E-state index >= 15 is 0 Å². The molecule has 16 heavy (non-hydrogen) atoms. The van der Waals surface area contributed by atoms with Gasteiger partial charge in [-0.05, 0) is 12.1 Å². The third-order valence-electron chi connectivity index (χ3n) is 2.43. The summed E-state index contributed by atoms with van der Waals surface area (Å²) < 4.78 is 5.29. The van der Waals surface area contributed by atoms with Crippen molar-refractivity contribution >= 4 is 33.9 Å². The topological polar surface area (TPSA) is 60.2 Å². The standard InChI is InChI=1S/C11H12ClN3O/c1-14-11-7(13)5-15-10-6(12)3-4-8(16-2)9(10)11/h3-5H,13H2,1-2H3,(H,14,15). The number of methoxy groups -OCH3 is 1. The van der Waals surface area contributed by atoms with Gasteiger partial charge in [0.25, 0.3) is 0 Å². The fourth-order valence-electron chi connectivity index (χ4n) is 1.70. The van der Waals surface area contributed by atoms with Crippen LogP contribution in [0.25, 0.3) is 10.9 Å². The molecule has 0 unspecified atom stereocenters. The summed E-state index contributed by atoms with van der Waals surface area (Å²) in [6, 6.07) is 3.55. The minimum absolute atomic E-state index is 0.565. The second-order valence-corrected chi connectivity index (χ2v) is 3.72. The van der Waals surface area contributed by atoms with Gasteiger partial charge in [0.15, 0.2) is 0 Å². The van der Waals surface area contributed by atoms with Crippen molar-refractivity contribution in [3.8, 4) is 5.75 Å². The molecule has 0 aliphatic heterocycles. The fourth-order valence-corrected chi connectivity index (χ4v) is 1.90. The number of aromatic nitrogens is 1. The molecule has 0 saturated carbocycles. The van der Waals surface area contributed by atoms with E-state index in [-0.39, 0.29) is 0 Å². The molecule has 1 aromatic heterocycles. The van der Waals surface area contributed by atoms with E-state index in [1.165, 1.54) is 0 Å². The molecule has 2 aromatic rings. The molecule has 0 aliphatic carbocycles. The summed E-state index contributed by atoms with van der Waals surface area (Å²) in [5, 5.41) is 4.42. The van der Waals surface area contributed by atoms with Crippen LogP contribution < -0.4 is 15.8 Å². The van der Waals surface area contributed by atoms with Crippen LogP contribution in [0.5, 0.6) is 5.75 Å². The highest BCUT2D eigenvalue weighted by Crippen LogP contribution is 2.37. The van der Waals surface area contributed by atoms with E-state index in [9.17, 15) is 0 Å². The number of pyridine rings is 1. The Bertz CT molecular complexity index is 542. The number of hydrogen-bond acceptors (Lipinski definition) is 4. The Morgan fingerprint density at radius 2 is 2.19 bits per heavy atom. The van der Waals surface area contributed by atoms with Crippen molar-refractivity contribution < 1.29 is 4.74 Å². The van der Waals surface area contributed by atoms with Crippen molar-refractivity contribution in [2.24, 2.45) is 0 Å². The molecule has 2 rings (SSSR count). The van der Waals surface area contributed by atoms with Crippen molar-refractivity contribution in [1.29, 1.82) is 0 Å². The van der Waals surface area contributed by atoms with Crippen LogP contribution in [0.1, 0.15) is 0 Å². The van der Waals surface area contributed by atoms with Crippen molar-refractivity contribution in [2.45, 2.75) is 0 Å². The molecule has 1 heterocycles. The zero-order chi connectivity index (χ0) is 11.7. The quantitative estimate of drug-likeness (QED) is 0.843. The molecule has 0 radical (unpaired) electrons. The first-order valence-corrected chi connectivity index (χ1v) is 5.15. The molecule has 5 heteroatoms.